The van der Waals surface area contributed by atoms with Crippen molar-refractivity contribution in [2.75, 3.05) is 14.1 Å². The summed E-state index contributed by atoms with van der Waals surface area (Å²) in [5.41, 5.74) is 0.0608. The number of nitro benzene ring substituents is 1. The molecule has 0 bridgehead atoms. The largest absolute Gasteiger partial charge is 0.384 e. The van der Waals surface area contributed by atoms with Crippen molar-refractivity contribution in [1.82, 2.24) is 4.31 Å². The Morgan fingerprint density at radius 3 is 2.20 bits per heavy atom. The van der Waals surface area contributed by atoms with Crippen molar-refractivity contribution in [2.45, 2.75) is 26.2 Å². The molecule has 0 atom stereocenters. The van der Waals surface area contributed by atoms with Crippen molar-refractivity contribution >= 4 is 16.0 Å². The van der Waals surface area contributed by atoms with Crippen LogP contribution in [0.5, 0.6) is 5.75 Å². The summed E-state index contributed by atoms with van der Waals surface area (Å²) in [7, 11) is -1.46. The molecule has 0 saturated heterocycles. The zero-order chi connectivity index (χ0) is 15.7. The topological polar surface area (TPSA) is 89.8 Å². The van der Waals surface area contributed by atoms with E-state index in [1.54, 1.807) is 6.07 Å². The molecule has 7 nitrogen and oxygen atoms in total. The molecule has 0 unspecified atom stereocenters. The second-order valence-electron chi connectivity index (χ2n) is 5.51. The summed E-state index contributed by atoms with van der Waals surface area (Å²) in [6.45, 7) is 5.72. The van der Waals surface area contributed by atoms with Crippen LogP contribution in [-0.4, -0.2) is 31.7 Å². The molecular formula is C12H18N2O5S. The minimum atomic E-state index is -4.03. The fraction of sp³-hybridized carbons (Fsp3) is 0.500. The molecule has 0 heterocycles. The maximum Gasteiger partial charge on any atom is 0.384 e. The second kappa shape index (κ2) is 5.37. The Morgan fingerprint density at radius 1 is 1.25 bits per heavy atom. The normalized spacial score (nSPS) is 12.5. The summed E-state index contributed by atoms with van der Waals surface area (Å²) in [6.07, 6.45) is 0. The summed E-state index contributed by atoms with van der Waals surface area (Å²) >= 11 is 0. The van der Waals surface area contributed by atoms with Crippen molar-refractivity contribution in [3.63, 3.8) is 0 Å². The number of nitrogens with zero attached hydrogens (tertiary/aromatic N) is 2. The molecular weight excluding hydrogens is 284 g/mol. The van der Waals surface area contributed by atoms with E-state index >= 15 is 0 Å². The van der Waals surface area contributed by atoms with Crippen LogP contribution in [0.25, 0.3) is 0 Å². The van der Waals surface area contributed by atoms with Crippen LogP contribution in [0.15, 0.2) is 18.2 Å². The lowest BCUT2D eigenvalue weighted by atomic mass is 9.87. The Labute approximate surface area is 118 Å². The molecule has 1 aromatic rings. The standard InChI is InChI=1S/C12H18N2O5S/c1-12(2,3)9-6-7-11(10(8-9)14(15)16)19-20(17,18)13(4)5/h6-8H,1-5H3. The highest BCUT2D eigenvalue weighted by molar-refractivity contribution is 7.84. The molecule has 0 aromatic heterocycles. The Kier molecular flexibility index (Phi) is 4.40. The third kappa shape index (κ3) is 3.67. The maximum atomic E-state index is 11.6. The molecule has 0 radical (unpaired) electrons. The average Bonchev–Trinajstić information content (AvgIpc) is 2.26. The fourth-order valence-corrected chi connectivity index (χ4v) is 1.90. The van der Waals surface area contributed by atoms with Crippen molar-refractivity contribution in [2.24, 2.45) is 0 Å². The van der Waals surface area contributed by atoms with Gasteiger partial charge >= 0.3 is 16.0 Å². The summed E-state index contributed by atoms with van der Waals surface area (Å²) in [4.78, 5) is 10.4. The van der Waals surface area contributed by atoms with Gasteiger partial charge in [-0.2, -0.15) is 12.7 Å². The van der Waals surface area contributed by atoms with Gasteiger partial charge in [-0.15, -0.1) is 0 Å². The van der Waals surface area contributed by atoms with Crippen LogP contribution in [0.4, 0.5) is 5.69 Å². The molecule has 0 aliphatic heterocycles. The monoisotopic (exact) mass is 302 g/mol. The van der Waals surface area contributed by atoms with Gasteiger partial charge in [0, 0.05) is 20.2 Å². The van der Waals surface area contributed by atoms with E-state index in [2.05, 4.69) is 0 Å². The average molecular weight is 302 g/mol. The van der Waals surface area contributed by atoms with Crippen molar-refractivity contribution in [3.8, 4) is 5.75 Å². The molecule has 8 heteroatoms. The highest BCUT2D eigenvalue weighted by Crippen LogP contribution is 2.33. The number of hydrogen-bond donors (Lipinski definition) is 0. The summed E-state index contributed by atoms with van der Waals surface area (Å²) in [6, 6.07) is 4.26. The van der Waals surface area contributed by atoms with Gasteiger partial charge in [-0.3, -0.25) is 10.1 Å². The molecule has 20 heavy (non-hydrogen) atoms. The maximum absolute atomic E-state index is 11.6. The lowest BCUT2D eigenvalue weighted by molar-refractivity contribution is -0.385. The van der Waals surface area contributed by atoms with E-state index in [4.69, 9.17) is 4.18 Å². The minimum absolute atomic E-state index is 0.288. The zero-order valence-electron chi connectivity index (χ0n) is 12.1. The molecule has 0 N–H and O–H groups in total. The lowest BCUT2D eigenvalue weighted by Crippen LogP contribution is -2.27. The van der Waals surface area contributed by atoms with Crippen molar-refractivity contribution in [3.05, 3.63) is 33.9 Å². The first-order valence-corrected chi connectivity index (χ1v) is 7.22. The lowest BCUT2D eigenvalue weighted by Gasteiger charge is -2.19. The summed E-state index contributed by atoms with van der Waals surface area (Å²) < 4.78 is 28.9. The van der Waals surface area contributed by atoms with Gasteiger partial charge in [0.2, 0.25) is 5.75 Å². The number of rotatable bonds is 4. The highest BCUT2D eigenvalue weighted by Gasteiger charge is 2.26. The van der Waals surface area contributed by atoms with Crippen LogP contribution in [0, 0.1) is 10.1 Å². The van der Waals surface area contributed by atoms with E-state index in [-0.39, 0.29) is 16.9 Å². The van der Waals surface area contributed by atoms with Crippen molar-refractivity contribution < 1.29 is 17.5 Å². The van der Waals surface area contributed by atoms with Gasteiger partial charge in [0.15, 0.2) is 0 Å². The fourth-order valence-electron chi connectivity index (χ4n) is 1.39. The van der Waals surface area contributed by atoms with E-state index in [1.165, 1.54) is 26.2 Å². The predicted octanol–water partition coefficient (Wildman–Crippen LogP) is 2.08. The van der Waals surface area contributed by atoms with Crippen LogP contribution in [-0.2, 0) is 15.7 Å². The van der Waals surface area contributed by atoms with Gasteiger partial charge in [-0.1, -0.05) is 26.8 Å². The molecule has 0 saturated carbocycles. The van der Waals surface area contributed by atoms with E-state index in [0.717, 1.165) is 9.87 Å². The molecule has 1 aromatic carbocycles. The minimum Gasteiger partial charge on any atom is -0.363 e. The molecule has 1 rings (SSSR count). The van der Waals surface area contributed by atoms with Gasteiger partial charge in [0.05, 0.1) is 4.92 Å². The Bertz CT molecular complexity index is 617. The zero-order valence-corrected chi connectivity index (χ0v) is 12.9. The third-order valence-electron chi connectivity index (χ3n) is 2.66. The number of nitro groups is 1. The Morgan fingerprint density at radius 2 is 1.80 bits per heavy atom. The Balaban J connectivity index is 3.32. The first-order valence-electron chi connectivity index (χ1n) is 5.86. The summed E-state index contributed by atoms with van der Waals surface area (Å²) in [5, 5.41) is 11.1. The van der Waals surface area contributed by atoms with Gasteiger partial charge in [0.1, 0.15) is 0 Å². The van der Waals surface area contributed by atoms with Crippen LogP contribution < -0.4 is 4.18 Å². The van der Waals surface area contributed by atoms with Gasteiger partial charge in [-0.05, 0) is 17.0 Å². The third-order valence-corrected chi connectivity index (χ3v) is 3.95. The quantitative estimate of drug-likeness (QED) is 0.627. The number of hydrogen-bond acceptors (Lipinski definition) is 5. The van der Waals surface area contributed by atoms with Crippen LogP contribution in [0.2, 0.25) is 0 Å². The van der Waals surface area contributed by atoms with Gasteiger partial charge in [0.25, 0.3) is 0 Å². The SMILES string of the molecule is CN(C)S(=O)(=O)Oc1ccc(C(C)(C)C)cc1[N+](=O)[O-]. The van der Waals surface area contributed by atoms with Crippen LogP contribution >= 0.6 is 0 Å². The highest BCUT2D eigenvalue weighted by atomic mass is 32.2. The molecule has 0 aliphatic rings. The van der Waals surface area contributed by atoms with E-state index in [0.29, 0.717) is 0 Å². The van der Waals surface area contributed by atoms with Gasteiger partial charge < -0.3 is 4.18 Å². The molecule has 112 valence electrons. The first kappa shape index (κ1) is 16.4. The molecule has 0 amide bonds. The number of benzene rings is 1. The smallest absolute Gasteiger partial charge is 0.363 e. The van der Waals surface area contributed by atoms with Gasteiger partial charge in [-0.25, -0.2) is 0 Å². The molecule has 0 aliphatic carbocycles. The van der Waals surface area contributed by atoms with E-state index < -0.39 is 15.2 Å². The summed E-state index contributed by atoms with van der Waals surface area (Å²) in [5.74, 6) is -0.295. The predicted molar refractivity (Wildman–Crippen MR) is 75.0 cm³/mol. The second-order valence-corrected chi connectivity index (χ2v) is 7.27. The van der Waals surface area contributed by atoms with Crippen molar-refractivity contribution in [1.29, 1.82) is 0 Å². The van der Waals surface area contributed by atoms with E-state index in [1.807, 2.05) is 20.8 Å². The molecule has 0 spiro atoms. The molecule has 0 fully saturated rings. The Hall–Kier alpha value is -1.67. The first-order chi connectivity index (χ1) is 8.95. The van der Waals surface area contributed by atoms with Crippen LogP contribution in [0.3, 0.4) is 0 Å². The van der Waals surface area contributed by atoms with Crippen LogP contribution in [0.1, 0.15) is 26.3 Å². The van der Waals surface area contributed by atoms with E-state index in [9.17, 15) is 18.5 Å².